The molecule has 0 aliphatic carbocycles. The van der Waals surface area contributed by atoms with Crippen LogP contribution in [-0.2, 0) is 0 Å². The summed E-state index contributed by atoms with van der Waals surface area (Å²) in [7, 11) is 0. The molecule has 192 valence electrons. The van der Waals surface area contributed by atoms with Gasteiger partial charge in [-0.2, -0.15) is 4.98 Å². The summed E-state index contributed by atoms with van der Waals surface area (Å²) in [4.78, 5) is 5.10. The van der Waals surface area contributed by atoms with E-state index in [-0.39, 0.29) is 0 Å². The zero-order valence-electron chi connectivity index (χ0n) is 21.9. The zero-order valence-corrected chi connectivity index (χ0v) is 22.7. The van der Waals surface area contributed by atoms with Crippen molar-refractivity contribution in [2.24, 2.45) is 0 Å². The number of thiophene rings is 1. The fourth-order valence-corrected chi connectivity index (χ4v) is 7.32. The smallest absolute Gasteiger partial charge is 0.307 e. The minimum absolute atomic E-state index is 0.582. The molecule has 9 aromatic rings. The average Bonchev–Trinajstić information content (AvgIpc) is 3.72. The van der Waals surface area contributed by atoms with Crippen molar-refractivity contribution < 1.29 is 4.42 Å². The molecule has 9 rings (SSSR count). The van der Waals surface area contributed by atoms with E-state index in [2.05, 4.69) is 138 Å². The molecule has 0 amide bonds. The Balaban J connectivity index is 1.40. The van der Waals surface area contributed by atoms with Crippen molar-refractivity contribution in [1.82, 2.24) is 9.55 Å². The van der Waals surface area contributed by atoms with Crippen molar-refractivity contribution in [2.75, 3.05) is 0 Å². The quantitative estimate of drug-likeness (QED) is 0.222. The van der Waals surface area contributed by atoms with Gasteiger partial charge in [0.2, 0.25) is 0 Å². The molecule has 0 radical (unpaired) electrons. The summed E-state index contributed by atoms with van der Waals surface area (Å²) in [6.45, 7) is 0. The van der Waals surface area contributed by atoms with E-state index in [0.717, 1.165) is 33.1 Å². The second kappa shape index (κ2) is 8.65. The van der Waals surface area contributed by atoms with Crippen LogP contribution in [0.15, 0.2) is 138 Å². The average molecular weight is 543 g/mol. The molecule has 0 spiro atoms. The first kappa shape index (κ1) is 22.6. The van der Waals surface area contributed by atoms with Gasteiger partial charge >= 0.3 is 6.01 Å². The van der Waals surface area contributed by atoms with Crippen molar-refractivity contribution in [3.05, 3.63) is 133 Å². The highest BCUT2D eigenvalue weighted by molar-refractivity contribution is 7.26. The van der Waals surface area contributed by atoms with Gasteiger partial charge in [-0.05, 0) is 52.6 Å². The fourth-order valence-electron chi connectivity index (χ4n) is 6.22. The number of fused-ring (bicyclic) bond motifs is 8. The van der Waals surface area contributed by atoms with Gasteiger partial charge in [0.15, 0.2) is 5.58 Å². The Morgan fingerprint density at radius 1 is 0.537 bits per heavy atom. The summed E-state index contributed by atoms with van der Waals surface area (Å²) in [5.74, 6) is 0. The van der Waals surface area contributed by atoms with Crippen LogP contribution in [0.4, 0.5) is 0 Å². The predicted octanol–water partition coefficient (Wildman–Crippen LogP) is 10.6. The Morgan fingerprint density at radius 3 is 2.17 bits per heavy atom. The van der Waals surface area contributed by atoms with Crippen LogP contribution < -0.4 is 0 Å². The van der Waals surface area contributed by atoms with Crippen LogP contribution in [-0.4, -0.2) is 9.55 Å². The number of oxazole rings is 1. The first-order valence-corrected chi connectivity index (χ1v) is 14.5. The van der Waals surface area contributed by atoms with Crippen molar-refractivity contribution >= 4 is 64.4 Å². The highest BCUT2D eigenvalue weighted by atomic mass is 32.1. The maximum Gasteiger partial charge on any atom is 0.307 e. The Morgan fingerprint density at radius 2 is 1.32 bits per heavy atom. The van der Waals surface area contributed by atoms with Crippen LogP contribution in [0.5, 0.6) is 0 Å². The summed E-state index contributed by atoms with van der Waals surface area (Å²) >= 11 is 1.79. The summed E-state index contributed by atoms with van der Waals surface area (Å²) in [5, 5.41) is 4.72. The van der Waals surface area contributed by atoms with Gasteiger partial charge < -0.3 is 4.42 Å². The SMILES string of the molecule is c1ccc(-c2ccc3c4c(-c5ccccc5)cccc4n(-c4nc5ccc6sc7ccccc7c6c5o4)c3c2)cc1. The molecule has 3 heterocycles. The topological polar surface area (TPSA) is 31.0 Å². The van der Waals surface area contributed by atoms with E-state index in [1.165, 1.54) is 42.2 Å². The van der Waals surface area contributed by atoms with E-state index in [1.54, 1.807) is 11.3 Å². The number of rotatable bonds is 3. The van der Waals surface area contributed by atoms with Crippen molar-refractivity contribution in [2.45, 2.75) is 0 Å². The second-order valence-corrected chi connectivity index (χ2v) is 11.5. The van der Waals surface area contributed by atoms with Crippen molar-refractivity contribution in [1.29, 1.82) is 0 Å². The summed E-state index contributed by atoms with van der Waals surface area (Å²) < 4.78 is 11.4. The van der Waals surface area contributed by atoms with Crippen LogP contribution >= 0.6 is 11.3 Å². The molecule has 6 aromatic carbocycles. The largest absolute Gasteiger partial charge is 0.422 e. The highest BCUT2D eigenvalue weighted by Gasteiger charge is 2.21. The van der Waals surface area contributed by atoms with Gasteiger partial charge in [-0.3, -0.25) is 4.57 Å². The first-order valence-electron chi connectivity index (χ1n) is 13.7. The lowest BCUT2D eigenvalue weighted by atomic mass is 9.98. The lowest BCUT2D eigenvalue weighted by Gasteiger charge is -2.05. The summed E-state index contributed by atoms with van der Waals surface area (Å²) in [5.41, 5.74) is 8.57. The standard InChI is InChI=1S/C37H22N2OS/c1-3-10-23(11-4-1)25-18-19-27-31(22-25)39(30-16-9-15-26(34(27)30)24-12-5-2-6-13-24)37-38-29-20-21-33-35(36(29)40-37)28-14-7-8-17-32(28)41-33/h1-22H. The van der Waals surface area contributed by atoms with E-state index in [4.69, 9.17) is 9.40 Å². The van der Waals surface area contributed by atoms with Crippen LogP contribution in [0.1, 0.15) is 0 Å². The van der Waals surface area contributed by atoms with Crippen LogP contribution in [0.3, 0.4) is 0 Å². The van der Waals surface area contributed by atoms with Gasteiger partial charge in [-0.1, -0.05) is 103 Å². The molecule has 0 aliphatic rings. The molecule has 3 nitrogen and oxygen atoms in total. The molecule has 0 fully saturated rings. The maximum atomic E-state index is 6.76. The zero-order chi connectivity index (χ0) is 26.9. The van der Waals surface area contributed by atoms with Crippen LogP contribution in [0.25, 0.3) is 81.3 Å². The Labute approximate surface area is 239 Å². The third-order valence-corrected chi connectivity index (χ3v) is 9.20. The molecule has 41 heavy (non-hydrogen) atoms. The lowest BCUT2D eigenvalue weighted by Crippen LogP contribution is -1.94. The van der Waals surface area contributed by atoms with Crippen LogP contribution in [0.2, 0.25) is 0 Å². The first-order chi connectivity index (χ1) is 20.3. The minimum Gasteiger partial charge on any atom is -0.422 e. The predicted molar refractivity (Wildman–Crippen MR) is 172 cm³/mol. The summed E-state index contributed by atoms with van der Waals surface area (Å²) in [6, 6.07) is 47.7. The molecule has 4 heteroatoms. The number of hydrogen-bond acceptors (Lipinski definition) is 3. The molecule has 0 saturated heterocycles. The number of benzene rings is 6. The number of hydrogen-bond donors (Lipinski definition) is 0. The van der Waals surface area contributed by atoms with E-state index >= 15 is 0 Å². The van der Waals surface area contributed by atoms with Gasteiger partial charge in [0.05, 0.1) is 11.0 Å². The molecular weight excluding hydrogens is 520 g/mol. The molecule has 0 bridgehead atoms. The van der Waals surface area contributed by atoms with Gasteiger partial charge in [0, 0.05) is 30.9 Å². The van der Waals surface area contributed by atoms with E-state index < -0.39 is 0 Å². The number of aromatic nitrogens is 2. The maximum absolute atomic E-state index is 6.76. The van der Waals surface area contributed by atoms with E-state index in [9.17, 15) is 0 Å². The highest BCUT2D eigenvalue weighted by Crippen LogP contribution is 2.42. The van der Waals surface area contributed by atoms with Gasteiger partial charge in [0.1, 0.15) is 5.52 Å². The lowest BCUT2D eigenvalue weighted by molar-refractivity contribution is 0.577. The third-order valence-electron chi connectivity index (χ3n) is 8.06. The van der Waals surface area contributed by atoms with Gasteiger partial charge in [-0.15, -0.1) is 11.3 Å². The Kier molecular flexibility index (Phi) is 4.77. The monoisotopic (exact) mass is 542 g/mol. The Hall–Kier alpha value is -5.19. The molecule has 3 aromatic heterocycles. The molecular formula is C37H22N2OS. The second-order valence-electron chi connectivity index (χ2n) is 10.4. The minimum atomic E-state index is 0.582. The van der Waals surface area contributed by atoms with E-state index in [0.29, 0.717) is 6.01 Å². The van der Waals surface area contributed by atoms with Crippen molar-refractivity contribution in [3.8, 4) is 28.3 Å². The third kappa shape index (κ3) is 3.35. The fraction of sp³-hybridized carbons (Fsp3) is 0. The van der Waals surface area contributed by atoms with Crippen molar-refractivity contribution in [3.63, 3.8) is 0 Å². The molecule has 0 saturated carbocycles. The molecule has 0 aliphatic heterocycles. The van der Waals surface area contributed by atoms with Crippen LogP contribution in [0, 0.1) is 0 Å². The molecule has 0 N–H and O–H groups in total. The molecule has 0 atom stereocenters. The summed E-state index contributed by atoms with van der Waals surface area (Å²) in [6.07, 6.45) is 0. The van der Waals surface area contributed by atoms with Gasteiger partial charge in [0.25, 0.3) is 0 Å². The van der Waals surface area contributed by atoms with E-state index in [1.807, 2.05) is 0 Å². The molecule has 0 unspecified atom stereocenters. The number of nitrogens with zero attached hydrogens (tertiary/aromatic N) is 2. The Bertz CT molecular complexity index is 2410. The van der Waals surface area contributed by atoms with Gasteiger partial charge in [-0.25, -0.2) is 0 Å². The normalized spacial score (nSPS) is 11.9.